The molecule has 2 aliphatic rings. The van der Waals surface area contributed by atoms with Gasteiger partial charge in [0.2, 0.25) is 5.91 Å². The molecule has 1 aromatic heterocycles. The van der Waals surface area contributed by atoms with Crippen molar-refractivity contribution in [1.29, 1.82) is 0 Å². The molecule has 0 spiro atoms. The summed E-state index contributed by atoms with van der Waals surface area (Å²) in [5.41, 5.74) is 0. The smallest absolute Gasteiger partial charge is 0.223 e. The molecule has 80 valence electrons. The zero-order valence-corrected chi connectivity index (χ0v) is 8.65. The van der Waals surface area contributed by atoms with Crippen LogP contribution in [0.15, 0.2) is 12.4 Å². The fourth-order valence-electron chi connectivity index (χ4n) is 2.14. The Morgan fingerprint density at radius 3 is 3.13 bits per heavy atom. The Kier molecular flexibility index (Phi) is 2.01. The van der Waals surface area contributed by atoms with Crippen molar-refractivity contribution in [3.05, 3.63) is 18.2 Å². The van der Waals surface area contributed by atoms with Gasteiger partial charge in [0.05, 0.1) is 0 Å². The minimum atomic E-state index is 0.250. The zero-order chi connectivity index (χ0) is 10.3. The SMILES string of the molecule is O=C(NC1CCn2ccnc2C1)C1CC1. The number of nitrogens with one attached hydrogen (secondary N) is 1. The summed E-state index contributed by atoms with van der Waals surface area (Å²) < 4.78 is 2.17. The van der Waals surface area contributed by atoms with Crippen molar-refractivity contribution in [2.45, 2.75) is 38.3 Å². The number of imidazole rings is 1. The summed E-state index contributed by atoms with van der Waals surface area (Å²) in [6.45, 7) is 0.977. The van der Waals surface area contributed by atoms with Crippen molar-refractivity contribution in [3.8, 4) is 0 Å². The van der Waals surface area contributed by atoms with E-state index < -0.39 is 0 Å². The summed E-state index contributed by atoms with van der Waals surface area (Å²) in [5, 5.41) is 3.12. The largest absolute Gasteiger partial charge is 0.353 e. The van der Waals surface area contributed by atoms with E-state index in [1.54, 1.807) is 0 Å². The maximum atomic E-state index is 11.6. The number of carbonyl (C=O) groups excluding carboxylic acids is 1. The van der Waals surface area contributed by atoms with Crippen LogP contribution in [0.3, 0.4) is 0 Å². The average molecular weight is 205 g/mol. The van der Waals surface area contributed by atoms with Crippen molar-refractivity contribution < 1.29 is 4.79 Å². The number of rotatable bonds is 2. The summed E-state index contributed by atoms with van der Waals surface area (Å²) in [6.07, 6.45) is 7.91. The molecular formula is C11H15N3O. The highest BCUT2D eigenvalue weighted by molar-refractivity contribution is 5.81. The second kappa shape index (κ2) is 3.36. The van der Waals surface area contributed by atoms with Gasteiger partial charge in [-0.25, -0.2) is 4.98 Å². The van der Waals surface area contributed by atoms with E-state index in [9.17, 15) is 4.79 Å². The van der Waals surface area contributed by atoms with Crippen LogP contribution in [0, 0.1) is 5.92 Å². The molecule has 1 atom stereocenters. The quantitative estimate of drug-likeness (QED) is 0.773. The van der Waals surface area contributed by atoms with E-state index in [4.69, 9.17) is 0 Å². The molecule has 1 unspecified atom stereocenters. The Morgan fingerprint density at radius 2 is 2.33 bits per heavy atom. The summed E-state index contributed by atoms with van der Waals surface area (Å²) in [6, 6.07) is 0.299. The molecule has 2 heterocycles. The van der Waals surface area contributed by atoms with E-state index >= 15 is 0 Å². The second-order valence-electron chi connectivity index (χ2n) is 4.51. The van der Waals surface area contributed by atoms with Crippen LogP contribution in [0.1, 0.15) is 25.1 Å². The van der Waals surface area contributed by atoms with Crippen LogP contribution in [-0.2, 0) is 17.8 Å². The standard InChI is InChI=1S/C11H15N3O/c15-11(8-1-2-8)13-9-3-5-14-6-4-12-10(14)7-9/h4,6,8-9H,1-3,5,7H2,(H,13,15). The maximum absolute atomic E-state index is 11.6. The van der Waals surface area contributed by atoms with Crippen LogP contribution in [-0.4, -0.2) is 21.5 Å². The molecule has 0 bridgehead atoms. The number of fused-ring (bicyclic) bond motifs is 1. The van der Waals surface area contributed by atoms with Crippen LogP contribution in [0.25, 0.3) is 0 Å². The molecule has 1 aliphatic heterocycles. The molecule has 0 radical (unpaired) electrons. The average Bonchev–Trinajstić information content (AvgIpc) is 2.98. The van der Waals surface area contributed by atoms with Gasteiger partial charge in [0.1, 0.15) is 5.82 Å². The summed E-state index contributed by atoms with van der Waals surface area (Å²) >= 11 is 0. The van der Waals surface area contributed by atoms with Crippen LogP contribution in [0.2, 0.25) is 0 Å². The van der Waals surface area contributed by atoms with E-state index in [0.29, 0.717) is 12.0 Å². The molecule has 1 aromatic rings. The van der Waals surface area contributed by atoms with Gasteiger partial charge < -0.3 is 9.88 Å². The van der Waals surface area contributed by atoms with Gasteiger partial charge in [0.15, 0.2) is 0 Å². The molecule has 15 heavy (non-hydrogen) atoms. The fourth-order valence-corrected chi connectivity index (χ4v) is 2.14. The highest BCUT2D eigenvalue weighted by Crippen LogP contribution is 2.29. The Morgan fingerprint density at radius 1 is 1.47 bits per heavy atom. The first-order valence-electron chi connectivity index (χ1n) is 5.63. The highest BCUT2D eigenvalue weighted by atomic mass is 16.2. The minimum Gasteiger partial charge on any atom is -0.353 e. The van der Waals surface area contributed by atoms with Crippen molar-refractivity contribution in [2.75, 3.05) is 0 Å². The number of nitrogens with zero attached hydrogens (tertiary/aromatic N) is 2. The molecule has 1 fully saturated rings. The lowest BCUT2D eigenvalue weighted by molar-refractivity contribution is -0.123. The number of aromatic nitrogens is 2. The number of hydrogen-bond donors (Lipinski definition) is 1. The van der Waals surface area contributed by atoms with E-state index in [-0.39, 0.29) is 5.91 Å². The molecule has 3 rings (SSSR count). The molecule has 0 saturated heterocycles. The number of hydrogen-bond acceptors (Lipinski definition) is 2. The van der Waals surface area contributed by atoms with Crippen LogP contribution in [0.4, 0.5) is 0 Å². The topological polar surface area (TPSA) is 46.9 Å². The Balaban J connectivity index is 1.63. The molecular weight excluding hydrogens is 190 g/mol. The van der Waals surface area contributed by atoms with Crippen molar-refractivity contribution >= 4 is 5.91 Å². The lowest BCUT2D eigenvalue weighted by Crippen LogP contribution is -2.40. The third-order valence-electron chi connectivity index (χ3n) is 3.24. The Labute approximate surface area is 88.7 Å². The third-order valence-corrected chi connectivity index (χ3v) is 3.24. The van der Waals surface area contributed by atoms with E-state index in [0.717, 1.165) is 38.1 Å². The molecule has 0 aromatic carbocycles. The Bertz CT molecular complexity index is 381. The molecule has 1 N–H and O–H groups in total. The normalized spacial score (nSPS) is 24.7. The number of amides is 1. The molecule has 1 amide bonds. The molecule has 1 saturated carbocycles. The minimum absolute atomic E-state index is 0.250. The second-order valence-corrected chi connectivity index (χ2v) is 4.51. The predicted molar refractivity (Wildman–Crippen MR) is 55.2 cm³/mol. The lowest BCUT2D eigenvalue weighted by Gasteiger charge is -2.24. The van der Waals surface area contributed by atoms with Crippen molar-refractivity contribution in [2.24, 2.45) is 5.92 Å². The molecule has 4 nitrogen and oxygen atoms in total. The fraction of sp³-hybridized carbons (Fsp3) is 0.636. The maximum Gasteiger partial charge on any atom is 0.223 e. The van der Waals surface area contributed by atoms with Crippen molar-refractivity contribution in [1.82, 2.24) is 14.9 Å². The van der Waals surface area contributed by atoms with E-state index in [1.807, 2.05) is 12.4 Å². The number of aryl methyl sites for hydroxylation is 1. The van der Waals surface area contributed by atoms with Gasteiger partial charge in [-0.1, -0.05) is 0 Å². The molecule has 1 aliphatic carbocycles. The first-order valence-corrected chi connectivity index (χ1v) is 5.63. The predicted octanol–water partition coefficient (Wildman–Crippen LogP) is 0.724. The van der Waals surface area contributed by atoms with Gasteiger partial charge in [0.25, 0.3) is 0 Å². The van der Waals surface area contributed by atoms with E-state index in [2.05, 4.69) is 14.9 Å². The molecule has 4 heteroatoms. The number of carbonyl (C=O) groups is 1. The van der Waals surface area contributed by atoms with Crippen LogP contribution < -0.4 is 5.32 Å². The summed E-state index contributed by atoms with van der Waals surface area (Å²) in [5.74, 6) is 1.66. The van der Waals surface area contributed by atoms with Crippen molar-refractivity contribution in [3.63, 3.8) is 0 Å². The Hall–Kier alpha value is -1.32. The third kappa shape index (κ3) is 1.76. The summed E-state index contributed by atoms with van der Waals surface area (Å²) in [7, 11) is 0. The van der Waals surface area contributed by atoms with E-state index in [1.165, 1.54) is 0 Å². The first-order chi connectivity index (χ1) is 7.33. The van der Waals surface area contributed by atoms with Crippen LogP contribution in [0.5, 0.6) is 0 Å². The monoisotopic (exact) mass is 205 g/mol. The highest BCUT2D eigenvalue weighted by Gasteiger charge is 2.31. The lowest BCUT2D eigenvalue weighted by atomic mass is 10.1. The van der Waals surface area contributed by atoms with Gasteiger partial charge in [-0.05, 0) is 19.3 Å². The van der Waals surface area contributed by atoms with Gasteiger partial charge in [-0.15, -0.1) is 0 Å². The summed E-state index contributed by atoms with van der Waals surface area (Å²) in [4.78, 5) is 15.9. The van der Waals surface area contributed by atoms with Gasteiger partial charge >= 0.3 is 0 Å². The van der Waals surface area contributed by atoms with Crippen LogP contribution >= 0.6 is 0 Å². The van der Waals surface area contributed by atoms with Gasteiger partial charge in [-0.3, -0.25) is 4.79 Å². The first kappa shape index (κ1) is 8.95. The van der Waals surface area contributed by atoms with Gasteiger partial charge in [-0.2, -0.15) is 0 Å². The zero-order valence-electron chi connectivity index (χ0n) is 8.65. The van der Waals surface area contributed by atoms with Gasteiger partial charge in [0, 0.05) is 37.3 Å².